The highest BCUT2D eigenvalue weighted by molar-refractivity contribution is 6.07. The molecule has 0 bridgehead atoms. The molecule has 0 radical (unpaired) electrons. The number of rotatable bonds is 2. The van der Waals surface area contributed by atoms with Crippen LogP contribution < -0.4 is 11.5 Å². The molecule has 0 unspecified atom stereocenters. The molecule has 0 aliphatic heterocycles. The minimum Gasteiger partial charge on any atom is -0.366 e. The van der Waals surface area contributed by atoms with Crippen molar-refractivity contribution >= 4 is 11.8 Å². The molecule has 0 saturated carbocycles. The second kappa shape index (κ2) is 3.49. The molecule has 0 spiro atoms. The van der Waals surface area contributed by atoms with Crippen LogP contribution in [0.5, 0.6) is 0 Å². The van der Waals surface area contributed by atoms with Crippen LogP contribution in [-0.4, -0.2) is 11.8 Å². The van der Waals surface area contributed by atoms with Gasteiger partial charge in [0.2, 0.25) is 11.8 Å². The minimum absolute atomic E-state index is 0.181. The Morgan fingerprint density at radius 2 is 1.64 bits per heavy atom. The number of aryl methyl sites for hydroxylation is 1. The van der Waals surface area contributed by atoms with Crippen molar-refractivity contribution in [1.29, 1.82) is 0 Å². The molecule has 0 fully saturated rings. The fraction of sp³-hybridized carbons (Fsp3) is 0.200. The standard InChI is InChI=1S/C10H12N2O2/c1-5-3-4-7(9(11)13)8(6(5)2)10(12)14/h3-4H,1-2H3,(H2,11,13)(H2,12,14). The number of hydrogen-bond acceptors (Lipinski definition) is 2. The van der Waals surface area contributed by atoms with E-state index in [0.29, 0.717) is 5.56 Å². The van der Waals surface area contributed by atoms with Crippen LogP contribution in [-0.2, 0) is 0 Å². The average molecular weight is 192 g/mol. The molecule has 14 heavy (non-hydrogen) atoms. The largest absolute Gasteiger partial charge is 0.366 e. The molecule has 1 rings (SSSR count). The van der Waals surface area contributed by atoms with E-state index in [-0.39, 0.29) is 11.1 Å². The maximum atomic E-state index is 11.1. The Hall–Kier alpha value is -1.84. The predicted molar refractivity (Wildman–Crippen MR) is 53.0 cm³/mol. The van der Waals surface area contributed by atoms with Crippen molar-refractivity contribution in [2.75, 3.05) is 0 Å². The molecule has 4 nitrogen and oxygen atoms in total. The maximum Gasteiger partial charge on any atom is 0.249 e. The highest BCUT2D eigenvalue weighted by Crippen LogP contribution is 2.17. The van der Waals surface area contributed by atoms with Crippen LogP contribution in [0.1, 0.15) is 31.8 Å². The van der Waals surface area contributed by atoms with Gasteiger partial charge in [0.15, 0.2) is 0 Å². The molecule has 1 aromatic rings. The number of primary amides is 2. The number of amides is 2. The van der Waals surface area contributed by atoms with Gasteiger partial charge >= 0.3 is 0 Å². The molecule has 74 valence electrons. The molecular weight excluding hydrogens is 180 g/mol. The topological polar surface area (TPSA) is 86.2 Å². The summed E-state index contributed by atoms with van der Waals surface area (Å²) in [5.41, 5.74) is 12.3. The van der Waals surface area contributed by atoms with Gasteiger partial charge in [0.05, 0.1) is 11.1 Å². The summed E-state index contributed by atoms with van der Waals surface area (Å²) in [5.74, 6) is -1.26. The van der Waals surface area contributed by atoms with Gasteiger partial charge in [-0.1, -0.05) is 6.07 Å². The third kappa shape index (κ3) is 1.59. The molecule has 0 aliphatic rings. The summed E-state index contributed by atoms with van der Waals surface area (Å²) in [7, 11) is 0. The summed E-state index contributed by atoms with van der Waals surface area (Å²) in [6, 6.07) is 3.26. The highest BCUT2D eigenvalue weighted by atomic mass is 16.2. The van der Waals surface area contributed by atoms with E-state index in [4.69, 9.17) is 11.5 Å². The van der Waals surface area contributed by atoms with Crippen LogP contribution in [0.4, 0.5) is 0 Å². The van der Waals surface area contributed by atoms with E-state index in [1.54, 1.807) is 13.0 Å². The number of carbonyl (C=O) groups excluding carboxylic acids is 2. The Morgan fingerprint density at radius 3 is 2.07 bits per heavy atom. The number of hydrogen-bond donors (Lipinski definition) is 2. The van der Waals surface area contributed by atoms with Gasteiger partial charge in [0, 0.05) is 0 Å². The Balaban J connectivity index is 3.53. The first-order valence-electron chi connectivity index (χ1n) is 4.15. The van der Waals surface area contributed by atoms with Crippen LogP contribution in [0.2, 0.25) is 0 Å². The normalized spacial score (nSPS) is 9.86. The zero-order valence-corrected chi connectivity index (χ0v) is 8.13. The zero-order chi connectivity index (χ0) is 10.9. The Labute approximate surface area is 81.9 Å². The Kier molecular flexibility index (Phi) is 2.56. The van der Waals surface area contributed by atoms with Gasteiger partial charge < -0.3 is 11.5 Å². The van der Waals surface area contributed by atoms with Gasteiger partial charge in [-0.15, -0.1) is 0 Å². The van der Waals surface area contributed by atoms with Crippen molar-refractivity contribution in [2.45, 2.75) is 13.8 Å². The first-order chi connectivity index (χ1) is 6.45. The summed E-state index contributed by atoms with van der Waals surface area (Å²) >= 11 is 0. The van der Waals surface area contributed by atoms with Gasteiger partial charge in [-0.3, -0.25) is 9.59 Å². The van der Waals surface area contributed by atoms with Crippen molar-refractivity contribution in [3.8, 4) is 0 Å². The van der Waals surface area contributed by atoms with E-state index in [9.17, 15) is 9.59 Å². The Bertz CT molecular complexity index is 411. The molecule has 0 heterocycles. The van der Waals surface area contributed by atoms with Crippen LogP contribution >= 0.6 is 0 Å². The molecule has 4 N–H and O–H groups in total. The van der Waals surface area contributed by atoms with Crippen LogP contribution in [0, 0.1) is 13.8 Å². The fourth-order valence-electron chi connectivity index (χ4n) is 1.34. The SMILES string of the molecule is Cc1ccc(C(N)=O)c(C(N)=O)c1C. The van der Waals surface area contributed by atoms with Crippen LogP contribution in [0.25, 0.3) is 0 Å². The van der Waals surface area contributed by atoms with E-state index in [0.717, 1.165) is 5.56 Å². The monoisotopic (exact) mass is 192 g/mol. The lowest BCUT2D eigenvalue weighted by atomic mass is 9.97. The quantitative estimate of drug-likeness (QED) is 0.714. The molecule has 0 atom stereocenters. The van der Waals surface area contributed by atoms with Crippen LogP contribution in [0.3, 0.4) is 0 Å². The summed E-state index contributed by atoms with van der Waals surface area (Å²) in [5, 5.41) is 0. The van der Waals surface area contributed by atoms with E-state index < -0.39 is 11.8 Å². The third-order valence-corrected chi connectivity index (χ3v) is 2.25. The highest BCUT2D eigenvalue weighted by Gasteiger charge is 2.16. The van der Waals surface area contributed by atoms with Crippen LogP contribution in [0.15, 0.2) is 12.1 Å². The smallest absolute Gasteiger partial charge is 0.249 e. The van der Waals surface area contributed by atoms with E-state index in [2.05, 4.69) is 0 Å². The summed E-state index contributed by atoms with van der Waals surface area (Å²) in [4.78, 5) is 22.1. The molecule has 2 amide bonds. The predicted octanol–water partition coefficient (Wildman–Crippen LogP) is 0.501. The van der Waals surface area contributed by atoms with E-state index >= 15 is 0 Å². The van der Waals surface area contributed by atoms with Gasteiger partial charge in [-0.25, -0.2) is 0 Å². The lowest BCUT2D eigenvalue weighted by Gasteiger charge is -2.09. The first-order valence-corrected chi connectivity index (χ1v) is 4.15. The maximum absolute atomic E-state index is 11.1. The lowest BCUT2D eigenvalue weighted by molar-refractivity contribution is 0.0966. The molecular formula is C10H12N2O2. The molecule has 0 aromatic heterocycles. The van der Waals surface area contributed by atoms with Crippen molar-refractivity contribution in [1.82, 2.24) is 0 Å². The van der Waals surface area contributed by atoms with Gasteiger partial charge in [-0.2, -0.15) is 0 Å². The minimum atomic E-state index is -0.637. The number of carbonyl (C=O) groups is 2. The van der Waals surface area contributed by atoms with Crippen molar-refractivity contribution in [3.63, 3.8) is 0 Å². The summed E-state index contributed by atoms with van der Waals surface area (Å²) in [6.45, 7) is 3.58. The zero-order valence-electron chi connectivity index (χ0n) is 8.13. The lowest BCUT2D eigenvalue weighted by Crippen LogP contribution is -2.22. The van der Waals surface area contributed by atoms with E-state index in [1.807, 2.05) is 6.92 Å². The van der Waals surface area contributed by atoms with Crippen molar-refractivity contribution < 1.29 is 9.59 Å². The molecule has 0 aliphatic carbocycles. The first kappa shape index (κ1) is 10.2. The molecule has 4 heteroatoms. The summed E-state index contributed by atoms with van der Waals surface area (Å²) < 4.78 is 0. The van der Waals surface area contributed by atoms with Crippen molar-refractivity contribution in [2.24, 2.45) is 11.5 Å². The number of benzene rings is 1. The molecule has 1 aromatic carbocycles. The fourth-order valence-corrected chi connectivity index (χ4v) is 1.34. The van der Waals surface area contributed by atoms with Gasteiger partial charge in [-0.05, 0) is 31.0 Å². The van der Waals surface area contributed by atoms with Gasteiger partial charge in [0.25, 0.3) is 0 Å². The second-order valence-electron chi connectivity index (χ2n) is 3.16. The Morgan fingerprint density at radius 1 is 1.07 bits per heavy atom. The third-order valence-electron chi connectivity index (χ3n) is 2.25. The number of nitrogens with two attached hydrogens (primary N) is 2. The van der Waals surface area contributed by atoms with Gasteiger partial charge in [0.1, 0.15) is 0 Å². The second-order valence-corrected chi connectivity index (χ2v) is 3.16. The van der Waals surface area contributed by atoms with Crippen molar-refractivity contribution in [3.05, 3.63) is 34.4 Å². The summed E-state index contributed by atoms with van der Waals surface area (Å²) in [6.07, 6.45) is 0. The van der Waals surface area contributed by atoms with E-state index in [1.165, 1.54) is 6.07 Å². The molecule has 0 saturated heterocycles. The average Bonchev–Trinajstić information content (AvgIpc) is 2.08.